The highest BCUT2D eigenvalue weighted by Gasteiger charge is 2.33. The molecule has 1 aromatic carbocycles. The van der Waals surface area contributed by atoms with Gasteiger partial charge in [-0.3, -0.25) is 4.79 Å². The van der Waals surface area contributed by atoms with Gasteiger partial charge in [0.25, 0.3) is 5.91 Å². The molecule has 0 aliphatic carbocycles. The molecule has 0 atom stereocenters. The van der Waals surface area contributed by atoms with Crippen LogP contribution in [-0.4, -0.2) is 54.9 Å². The maximum atomic E-state index is 13.4. The highest BCUT2D eigenvalue weighted by atomic mass is 32.2. The molecular formula is C17H20FN3O4S. The van der Waals surface area contributed by atoms with E-state index >= 15 is 0 Å². The number of carbonyl (C=O) groups excluding carboxylic acids is 1. The van der Waals surface area contributed by atoms with Crippen LogP contribution >= 0.6 is 0 Å². The van der Waals surface area contributed by atoms with Crippen LogP contribution in [0, 0.1) is 19.7 Å². The monoisotopic (exact) mass is 381 g/mol. The first-order valence-corrected chi connectivity index (χ1v) is 9.72. The Kier molecular flexibility index (Phi) is 5.10. The number of aryl methyl sites for hydroxylation is 2. The average Bonchev–Trinajstić information content (AvgIpc) is 2.81. The normalized spacial score (nSPS) is 16.5. The maximum Gasteiger partial charge on any atom is 0.254 e. The molecule has 2 heterocycles. The Bertz CT molecular complexity index is 906. The molecule has 0 N–H and O–H groups in total. The SMILES string of the molecule is Cc1noc(C)c1S(=O)(=O)N1CCCN(C(=O)c2cccc(F)c2)CC1. The molecule has 9 heteroatoms. The fourth-order valence-corrected chi connectivity index (χ4v) is 4.87. The number of hydrogen-bond acceptors (Lipinski definition) is 5. The summed E-state index contributed by atoms with van der Waals surface area (Å²) in [4.78, 5) is 14.2. The number of amides is 1. The predicted molar refractivity (Wildman–Crippen MR) is 91.7 cm³/mol. The Morgan fingerprint density at radius 1 is 1.19 bits per heavy atom. The molecule has 140 valence electrons. The van der Waals surface area contributed by atoms with Crippen LogP contribution in [0.15, 0.2) is 33.7 Å². The van der Waals surface area contributed by atoms with Crippen molar-refractivity contribution in [1.29, 1.82) is 0 Å². The summed E-state index contributed by atoms with van der Waals surface area (Å²) in [5.74, 6) is -0.534. The first-order valence-electron chi connectivity index (χ1n) is 8.28. The lowest BCUT2D eigenvalue weighted by atomic mass is 10.2. The van der Waals surface area contributed by atoms with Gasteiger partial charge < -0.3 is 9.42 Å². The molecule has 0 spiro atoms. The molecule has 2 aromatic rings. The van der Waals surface area contributed by atoms with Crippen LogP contribution in [0.5, 0.6) is 0 Å². The van der Waals surface area contributed by atoms with Crippen molar-refractivity contribution < 1.29 is 22.1 Å². The number of benzene rings is 1. The summed E-state index contributed by atoms with van der Waals surface area (Å²) in [5, 5.41) is 3.71. The molecule has 0 bridgehead atoms. The van der Waals surface area contributed by atoms with Crippen LogP contribution in [0.4, 0.5) is 4.39 Å². The minimum Gasteiger partial charge on any atom is -0.360 e. The van der Waals surface area contributed by atoms with Gasteiger partial charge in [-0.15, -0.1) is 0 Å². The second-order valence-corrected chi connectivity index (χ2v) is 8.09. The maximum absolute atomic E-state index is 13.4. The fraction of sp³-hybridized carbons (Fsp3) is 0.412. The summed E-state index contributed by atoms with van der Waals surface area (Å²) in [7, 11) is -3.74. The molecule has 1 saturated heterocycles. The predicted octanol–water partition coefficient (Wildman–Crippen LogP) is 1.97. The number of aromatic nitrogens is 1. The molecular weight excluding hydrogens is 361 g/mol. The minimum absolute atomic E-state index is 0.0856. The topological polar surface area (TPSA) is 83.7 Å². The summed E-state index contributed by atoms with van der Waals surface area (Å²) >= 11 is 0. The number of hydrogen-bond donors (Lipinski definition) is 0. The number of sulfonamides is 1. The van der Waals surface area contributed by atoms with Crippen LogP contribution in [0.2, 0.25) is 0 Å². The Morgan fingerprint density at radius 2 is 1.96 bits per heavy atom. The molecule has 0 radical (unpaired) electrons. The summed E-state index contributed by atoms with van der Waals surface area (Å²) in [6.07, 6.45) is 0.490. The second-order valence-electron chi connectivity index (χ2n) is 6.21. The lowest BCUT2D eigenvalue weighted by Gasteiger charge is -2.22. The van der Waals surface area contributed by atoms with Gasteiger partial charge in [-0.1, -0.05) is 11.2 Å². The molecule has 7 nitrogen and oxygen atoms in total. The lowest BCUT2D eigenvalue weighted by Crippen LogP contribution is -2.37. The van der Waals surface area contributed by atoms with Gasteiger partial charge in [0, 0.05) is 31.7 Å². The largest absolute Gasteiger partial charge is 0.360 e. The van der Waals surface area contributed by atoms with Gasteiger partial charge in [-0.25, -0.2) is 12.8 Å². The van der Waals surface area contributed by atoms with Crippen LogP contribution < -0.4 is 0 Å². The number of nitrogens with zero attached hydrogens (tertiary/aromatic N) is 3. The summed E-state index contributed by atoms with van der Waals surface area (Å²) < 4.78 is 45.5. The van der Waals surface area contributed by atoms with Crippen molar-refractivity contribution in [2.45, 2.75) is 25.2 Å². The van der Waals surface area contributed by atoms with E-state index in [9.17, 15) is 17.6 Å². The Hall–Kier alpha value is -2.26. The van der Waals surface area contributed by atoms with E-state index in [-0.39, 0.29) is 35.2 Å². The molecule has 3 rings (SSSR count). The van der Waals surface area contributed by atoms with Gasteiger partial charge in [0.05, 0.1) is 0 Å². The van der Waals surface area contributed by atoms with Crippen molar-refractivity contribution in [3.63, 3.8) is 0 Å². The van der Waals surface area contributed by atoms with E-state index in [0.717, 1.165) is 0 Å². The molecule has 1 amide bonds. The smallest absolute Gasteiger partial charge is 0.254 e. The van der Waals surface area contributed by atoms with Crippen molar-refractivity contribution in [3.05, 3.63) is 47.1 Å². The van der Waals surface area contributed by atoms with E-state index in [1.807, 2.05) is 0 Å². The second kappa shape index (κ2) is 7.16. The highest BCUT2D eigenvalue weighted by Crippen LogP contribution is 2.24. The quantitative estimate of drug-likeness (QED) is 0.812. The van der Waals surface area contributed by atoms with Gasteiger partial charge in [-0.2, -0.15) is 4.31 Å². The number of carbonyl (C=O) groups is 1. The first-order chi connectivity index (χ1) is 12.3. The number of rotatable bonds is 3. The van der Waals surface area contributed by atoms with Crippen LogP contribution in [0.25, 0.3) is 0 Å². The minimum atomic E-state index is -3.74. The summed E-state index contributed by atoms with van der Waals surface area (Å²) in [6, 6.07) is 5.49. The van der Waals surface area contributed by atoms with Gasteiger partial charge in [0.15, 0.2) is 5.76 Å². The Labute approximate surface area is 151 Å². The van der Waals surface area contributed by atoms with E-state index in [1.54, 1.807) is 24.8 Å². The van der Waals surface area contributed by atoms with Gasteiger partial charge in [0.2, 0.25) is 10.0 Å². The third-order valence-corrected chi connectivity index (χ3v) is 6.52. The van der Waals surface area contributed by atoms with Crippen molar-refractivity contribution in [1.82, 2.24) is 14.4 Å². The summed E-state index contributed by atoms with van der Waals surface area (Å²) in [6.45, 7) is 4.24. The summed E-state index contributed by atoms with van der Waals surface area (Å²) in [5.41, 5.74) is 0.575. The third kappa shape index (κ3) is 3.49. The molecule has 1 fully saturated rings. The Morgan fingerprint density at radius 3 is 2.62 bits per heavy atom. The molecule has 1 aliphatic rings. The standard InChI is InChI=1S/C17H20FN3O4S/c1-12-16(13(2)25-19-12)26(23,24)21-8-4-7-20(9-10-21)17(22)14-5-3-6-15(18)11-14/h3,5-6,11H,4,7-10H2,1-2H3. The zero-order chi connectivity index (χ0) is 18.9. The third-order valence-electron chi connectivity index (χ3n) is 4.38. The highest BCUT2D eigenvalue weighted by molar-refractivity contribution is 7.89. The van der Waals surface area contributed by atoms with Crippen molar-refractivity contribution in [3.8, 4) is 0 Å². The van der Waals surface area contributed by atoms with E-state index < -0.39 is 15.8 Å². The molecule has 26 heavy (non-hydrogen) atoms. The molecule has 1 aliphatic heterocycles. The van der Waals surface area contributed by atoms with Crippen LogP contribution in [0.3, 0.4) is 0 Å². The van der Waals surface area contributed by atoms with Crippen molar-refractivity contribution in [2.75, 3.05) is 26.2 Å². The lowest BCUT2D eigenvalue weighted by molar-refractivity contribution is 0.0763. The van der Waals surface area contributed by atoms with Crippen LogP contribution in [0.1, 0.15) is 28.2 Å². The average molecular weight is 381 g/mol. The zero-order valence-corrected chi connectivity index (χ0v) is 15.4. The first kappa shape index (κ1) is 18.5. The molecule has 0 saturated carbocycles. The number of halogens is 1. The van der Waals surface area contributed by atoms with Gasteiger partial charge in [0.1, 0.15) is 16.4 Å². The van der Waals surface area contributed by atoms with E-state index in [1.165, 1.54) is 22.5 Å². The Balaban J connectivity index is 1.77. The van der Waals surface area contributed by atoms with E-state index in [4.69, 9.17) is 4.52 Å². The fourth-order valence-electron chi connectivity index (χ4n) is 3.11. The van der Waals surface area contributed by atoms with E-state index in [0.29, 0.717) is 25.2 Å². The van der Waals surface area contributed by atoms with Crippen LogP contribution in [-0.2, 0) is 10.0 Å². The zero-order valence-electron chi connectivity index (χ0n) is 14.6. The molecule has 1 aromatic heterocycles. The van der Waals surface area contributed by atoms with Gasteiger partial charge >= 0.3 is 0 Å². The molecule has 0 unspecified atom stereocenters. The van der Waals surface area contributed by atoms with E-state index in [2.05, 4.69) is 5.16 Å². The van der Waals surface area contributed by atoms with Gasteiger partial charge in [-0.05, 0) is 38.5 Å². The van der Waals surface area contributed by atoms with Crippen molar-refractivity contribution in [2.24, 2.45) is 0 Å². The van der Waals surface area contributed by atoms with Crippen molar-refractivity contribution >= 4 is 15.9 Å².